The van der Waals surface area contributed by atoms with E-state index in [4.69, 9.17) is 0 Å². The van der Waals surface area contributed by atoms with Gasteiger partial charge in [0, 0.05) is 37.0 Å². The van der Waals surface area contributed by atoms with Crippen molar-refractivity contribution in [3.05, 3.63) is 34.2 Å². The maximum atomic E-state index is 11.2. The number of nitrogens with one attached hydrogen (secondary N) is 2. The molecule has 0 aliphatic heterocycles. The number of hydrogen-bond donors (Lipinski definition) is 2. The van der Waals surface area contributed by atoms with Gasteiger partial charge in [0.2, 0.25) is 0 Å². The van der Waals surface area contributed by atoms with Crippen molar-refractivity contribution in [1.29, 1.82) is 0 Å². The van der Waals surface area contributed by atoms with E-state index in [2.05, 4.69) is 24.5 Å². The first-order chi connectivity index (χ1) is 9.54. The minimum absolute atomic E-state index is 0.0825. The Morgan fingerprint density at radius 2 is 1.80 bits per heavy atom. The lowest BCUT2D eigenvalue weighted by Crippen LogP contribution is -2.24. The van der Waals surface area contributed by atoms with Crippen LogP contribution in [0.5, 0.6) is 0 Å². The molecule has 5 nitrogen and oxygen atoms in total. The van der Waals surface area contributed by atoms with Gasteiger partial charge < -0.3 is 15.2 Å². The Morgan fingerprint density at radius 1 is 1.25 bits per heavy atom. The first-order valence-electron chi connectivity index (χ1n) is 7.02. The molecule has 0 aromatic carbocycles. The van der Waals surface area contributed by atoms with Crippen molar-refractivity contribution < 1.29 is 4.79 Å². The lowest BCUT2D eigenvalue weighted by Gasteiger charge is -2.04. The van der Waals surface area contributed by atoms with Crippen molar-refractivity contribution >= 4 is 6.29 Å². The summed E-state index contributed by atoms with van der Waals surface area (Å²) >= 11 is 0. The van der Waals surface area contributed by atoms with Gasteiger partial charge in [0.05, 0.1) is 0 Å². The smallest absolute Gasteiger partial charge is 0.250 e. The van der Waals surface area contributed by atoms with E-state index in [0.29, 0.717) is 24.7 Å². The van der Waals surface area contributed by atoms with Gasteiger partial charge in [0.25, 0.3) is 5.56 Å². The molecule has 0 radical (unpaired) electrons. The fourth-order valence-electron chi connectivity index (χ4n) is 1.03. The summed E-state index contributed by atoms with van der Waals surface area (Å²) in [7, 11) is 3.76. The highest BCUT2D eigenvalue weighted by atomic mass is 16.1. The third-order valence-electron chi connectivity index (χ3n) is 2.32. The number of rotatable bonds is 5. The molecule has 116 valence electrons. The molecule has 1 aromatic rings. The number of carbonyl (C=O) groups is 1. The number of hydrogen-bond acceptors (Lipinski definition) is 4. The molecule has 1 heterocycles. The van der Waals surface area contributed by atoms with Gasteiger partial charge in [0.1, 0.15) is 0 Å². The van der Waals surface area contributed by atoms with Crippen LogP contribution in [0.3, 0.4) is 0 Å². The van der Waals surface area contributed by atoms with Gasteiger partial charge in [-0.2, -0.15) is 0 Å². The Morgan fingerprint density at radius 3 is 2.20 bits per heavy atom. The molecule has 2 N–H and O–H groups in total. The van der Waals surface area contributed by atoms with Crippen LogP contribution in [0.4, 0.5) is 0 Å². The standard InChI is InChI=1S/C9H12N2O2.C4H11N.C2H6/c1-10-4-5-11-6-8(7-12)2-3-9(11)13;1-4(2)5-3;1-2/h2-3,6-7,10H,4-5H2,1H3;4-5H,1-3H3;1-2H3. The summed E-state index contributed by atoms with van der Waals surface area (Å²) in [6.07, 6.45) is 2.29. The fourth-order valence-corrected chi connectivity index (χ4v) is 1.03. The van der Waals surface area contributed by atoms with Gasteiger partial charge in [-0.05, 0) is 20.2 Å². The first-order valence-corrected chi connectivity index (χ1v) is 7.02. The number of nitrogens with zero attached hydrogens (tertiary/aromatic N) is 1. The quantitative estimate of drug-likeness (QED) is 0.804. The molecule has 1 rings (SSSR count). The molecule has 5 heteroatoms. The van der Waals surface area contributed by atoms with E-state index >= 15 is 0 Å². The molecular weight excluding hydrogens is 254 g/mol. The van der Waals surface area contributed by atoms with Crippen LogP contribution in [0.15, 0.2) is 23.1 Å². The summed E-state index contributed by atoms with van der Waals surface area (Å²) in [5, 5.41) is 5.96. The summed E-state index contributed by atoms with van der Waals surface area (Å²) in [4.78, 5) is 21.6. The third-order valence-corrected chi connectivity index (χ3v) is 2.32. The Labute approximate surface area is 122 Å². The summed E-state index contributed by atoms with van der Waals surface area (Å²) < 4.78 is 1.51. The van der Waals surface area contributed by atoms with Gasteiger partial charge in [0.15, 0.2) is 6.29 Å². The zero-order chi connectivity index (χ0) is 16.0. The number of likely N-dealkylation sites (N-methyl/N-ethyl adjacent to an activating group) is 1. The molecule has 0 saturated heterocycles. The summed E-state index contributed by atoms with van der Waals surface area (Å²) in [5.74, 6) is 0. The van der Waals surface area contributed by atoms with Gasteiger partial charge in [-0.1, -0.05) is 27.7 Å². The van der Waals surface area contributed by atoms with Crippen molar-refractivity contribution in [3.63, 3.8) is 0 Å². The molecule has 0 aliphatic carbocycles. The minimum Gasteiger partial charge on any atom is -0.318 e. The van der Waals surface area contributed by atoms with Crippen molar-refractivity contribution in [2.45, 2.75) is 40.3 Å². The van der Waals surface area contributed by atoms with E-state index < -0.39 is 0 Å². The second-order valence-corrected chi connectivity index (χ2v) is 4.16. The van der Waals surface area contributed by atoms with E-state index in [9.17, 15) is 9.59 Å². The fraction of sp³-hybridized carbons (Fsp3) is 0.600. The molecule has 0 aliphatic rings. The van der Waals surface area contributed by atoms with Gasteiger partial charge in [-0.3, -0.25) is 9.59 Å². The molecule has 0 atom stereocenters. The zero-order valence-corrected chi connectivity index (χ0v) is 13.6. The molecule has 0 saturated carbocycles. The van der Waals surface area contributed by atoms with Crippen molar-refractivity contribution in [2.24, 2.45) is 0 Å². The van der Waals surface area contributed by atoms with E-state index in [1.807, 2.05) is 27.9 Å². The highest BCUT2D eigenvalue weighted by molar-refractivity contribution is 5.73. The summed E-state index contributed by atoms with van der Waals surface area (Å²) in [6, 6.07) is 3.56. The molecular formula is C15H29N3O2. The van der Waals surface area contributed by atoms with Crippen LogP contribution in [-0.2, 0) is 6.54 Å². The lowest BCUT2D eigenvalue weighted by atomic mass is 10.3. The molecule has 0 amide bonds. The Kier molecular flexibility index (Phi) is 14.6. The van der Waals surface area contributed by atoms with Crippen LogP contribution in [0.2, 0.25) is 0 Å². The van der Waals surface area contributed by atoms with Crippen LogP contribution in [0, 0.1) is 0 Å². The Balaban J connectivity index is 0. The normalized spacial score (nSPS) is 9.15. The highest BCUT2D eigenvalue weighted by Crippen LogP contribution is 1.90. The monoisotopic (exact) mass is 283 g/mol. The SMILES string of the molecule is CC.CNC(C)C.CNCCn1cc(C=O)ccc1=O. The summed E-state index contributed by atoms with van der Waals surface area (Å²) in [5.41, 5.74) is 0.441. The number of pyridine rings is 1. The van der Waals surface area contributed by atoms with Gasteiger partial charge >= 0.3 is 0 Å². The average molecular weight is 283 g/mol. The van der Waals surface area contributed by atoms with E-state index in [-0.39, 0.29) is 5.56 Å². The van der Waals surface area contributed by atoms with Crippen LogP contribution in [-0.4, -0.2) is 37.5 Å². The second-order valence-electron chi connectivity index (χ2n) is 4.16. The van der Waals surface area contributed by atoms with E-state index in [0.717, 1.165) is 6.29 Å². The maximum absolute atomic E-state index is 11.2. The molecule has 1 aromatic heterocycles. The highest BCUT2D eigenvalue weighted by Gasteiger charge is 1.96. The topological polar surface area (TPSA) is 63.1 Å². The Bertz CT molecular complexity index is 400. The van der Waals surface area contributed by atoms with Crippen LogP contribution in [0.25, 0.3) is 0 Å². The lowest BCUT2D eigenvalue weighted by molar-refractivity contribution is 0.112. The molecule has 20 heavy (non-hydrogen) atoms. The first kappa shape index (κ1) is 20.8. The molecule has 0 bridgehead atoms. The van der Waals surface area contributed by atoms with E-state index in [1.165, 1.54) is 16.7 Å². The Hall–Kier alpha value is -1.46. The van der Waals surface area contributed by atoms with Crippen molar-refractivity contribution in [1.82, 2.24) is 15.2 Å². The zero-order valence-electron chi connectivity index (χ0n) is 13.6. The predicted octanol–water partition coefficient (Wildman–Crippen LogP) is 1.52. The van der Waals surface area contributed by atoms with Crippen molar-refractivity contribution in [3.8, 4) is 0 Å². The van der Waals surface area contributed by atoms with Crippen LogP contribution >= 0.6 is 0 Å². The largest absolute Gasteiger partial charge is 0.318 e. The molecule has 0 unspecified atom stereocenters. The third kappa shape index (κ3) is 10.5. The van der Waals surface area contributed by atoms with Crippen LogP contribution < -0.4 is 16.2 Å². The number of aldehydes is 1. The van der Waals surface area contributed by atoms with Crippen molar-refractivity contribution in [2.75, 3.05) is 20.6 Å². The maximum Gasteiger partial charge on any atom is 0.250 e. The van der Waals surface area contributed by atoms with E-state index in [1.54, 1.807) is 6.20 Å². The number of carbonyl (C=O) groups excluding carboxylic acids is 1. The summed E-state index contributed by atoms with van der Waals surface area (Å²) in [6.45, 7) is 9.51. The predicted molar refractivity (Wildman–Crippen MR) is 85.6 cm³/mol. The molecule has 0 fully saturated rings. The van der Waals surface area contributed by atoms with Gasteiger partial charge in [-0.15, -0.1) is 0 Å². The number of aromatic nitrogens is 1. The van der Waals surface area contributed by atoms with Gasteiger partial charge in [-0.25, -0.2) is 0 Å². The second kappa shape index (κ2) is 14.0. The minimum atomic E-state index is -0.0825. The average Bonchev–Trinajstić information content (AvgIpc) is 2.49. The van der Waals surface area contributed by atoms with Crippen LogP contribution in [0.1, 0.15) is 38.1 Å². The molecule has 0 spiro atoms.